The van der Waals surface area contributed by atoms with Crippen molar-refractivity contribution in [1.82, 2.24) is 0 Å². The Morgan fingerprint density at radius 3 is 2.23 bits per heavy atom. The van der Waals surface area contributed by atoms with Crippen molar-refractivity contribution in [2.24, 2.45) is 5.73 Å². The van der Waals surface area contributed by atoms with Crippen molar-refractivity contribution in [3.63, 3.8) is 0 Å². The third kappa shape index (κ3) is 1.81. The fourth-order valence-corrected chi connectivity index (χ4v) is 1.23. The maximum Gasteiger partial charge on any atom is 0.159 e. The number of rotatable bonds is 1. The van der Waals surface area contributed by atoms with Gasteiger partial charge < -0.3 is 5.73 Å². The van der Waals surface area contributed by atoms with Crippen molar-refractivity contribution >= 4 is 12.4 Å². The summed E-state index contributed by atoms with van der Waals surface area (Å²) in [7, 11) is 0. The Morgan fingerprint density at radius 2 is 1.77 bits per heavy atom. The van der Waals surface area contributed by atoms with E-state index in [0.717, 1.165) is 18.9 Å². The van der Waals surface area contributed by atoms with Crippen LogP contribution in [0.3, 0.4) is 0 Å². The molecule has 1 saturated carbocycles. The van der Waals surface area contributed by atoms with E-state index in [2.05, 4.69) is 0 Å². The lowest BCUT2D eigenvalue weighted by atomic mass is 10.1. The van der Waals surface area contributed by atoms with Gasteiger partial charge in [-0.2, -0.15) is 0 Å². The summed E-state index contributed by atoms with van der Waals surface area (Å²) < 4.78 is 25.2. The fraction of sp³-hybridized carbons (Fsp3) is 0.333. The van der Waals surface area contributed by atoms with Crippen molar-refractivity contribution in [2.75, 3.05) is 0 Å². The molecule has 0 unspecified atom stereocenters. The van der Waals surface area contributed by atoms with Crippen LogP contribution in [0, 0.1) is 11.6 Å². The second-order valence-corrected chi connectivity index (χ2v) is 3.29. The highest BCUT2D eigenvalue weighted by atomic mass is 35.5. The van der Waals surface area contributed by atoms with E-state index in [-0.39, 0.29) is 17.9 Å². The molecule has 1 aromatic rings. The SMILES string of the molecule is Cl.NC1(c2ccc(F)c(F)c2)CC1. The van der Waals surface area contributed by atoms with Gasteiger partial charge in [0.1, 0.15) is 0 Å². The minimum atomic E-state index is -0.817. The summed E-state index contributed by atoms with van der Waals surface area (Å²) in [4.78, 5) is 0. The standard InChI is InChI=1S/C9H9F2N.ClH/c10-7-2-1-6(5-8(7)11)9(12)3-4-9;/h1-2,5H,3-4,12H2;1H. The van der Waals surface area contributed by atoms with E-state index in [4.69, 9.17) is 5.73 Å². The van der Waals surface area contributed by atoms with Gasteiger partial charge in [0.05, 0.1) is 0 Å². The van der Waals surface area contributed by atoms with Gasteiger partial charge in [0.25, 0.3) is 0 Å². The molecule has 1 aromatic carbocycles. The summed E-state index contributed by atoms with van der Waals surface area (Å²) in [5.74, 6) is -1.63. The topological polar surface area (TPSA) is 26.0 Å². The number of halogens is 3. The third-order valence-corrected chi connectivity index (χ3v) is 2.28. The molecule has 2 rings (SSSR count). The van der Waals surface area contributed by atoms with Gasteiger partial charge in [0, 0.05) is 5.54 Å². The largest absolute Gasteiger partial charge is 0.321 e. The van der Waals surface area contributed by atoms with Gasteiger partial charge in [-0.3, -0.25) is 0 Å². The normalized spacial score (nSPS) is 17.8. The predicted octanol–water partition coefficient (Wildman–Crippen LogP) is 2.33. The monoisotopic (exact) mass is 205 g/mol. The smallest absolute Gasteiger partial charge is 0.159 e. The lowest BCUT2D eigenvalue weighted by molar-refractivity contribution is 0.504. The Balaban J connectivity index is 0.000000845. The number of hydrogen-bond donors (Lipinski definition) is 1. The molecular formula is C9H10ClF2N. The lowest BCUT2D eigenvalue weighted by Gasteiger charge is -2.08. The molecule has 1 aliphatic rings. The van der Waals surface area contributed by atoms with Crippen molar-refractivity contribution in [3.8, 4) is 0 Å². The molecule has 72 valence electrons. The molecule has 0 bridgehead atoms. The van der Waals surface area contributed by atoms with E-state index >= 15 is 0 Å². The summed E-state index contributed by atoms with van der Waals surface area (Å²) in [5.41, 5.74) is 6.11. The Hall–Kier alpha value is -0.670. The van der Waals surface area contributed by atoms with E-state index in [0.29, 0.717) is 5.56 Å². The minimum Gasteiger partial charge on any atom is -0.321 e. The van der Waals surface area contributed by atoms with Crippen LogP contribution in [0.25, 0.3) is 0 Å². The Labute approximate surface area is 81.3 Å². The molecule has 0 amide bonds. The summed E-state index contributed by atoms with van der Waals surface area (Å²) >= 11 is 0. The quantitative estimate of drug-likeness (QED) is 0.748. The van der Waals surface area contributed by atoms with Crippen LogP contribution >= 0.6 is 12.4 Å². The van der Waals surface area contributed by atoms with Crippen molar-refractivity contribution in [3.05, 3.63) is 35.4 Å². The predicted molar refractivity (Wildman–Crippen MR) is 48.7 cm³/mol. The first-order valence-electron chi connectivity index (χ1n) is 3.86. The van der Waals surface area contributed by atoms with Crippen LogP contribution in [-0.4, -0.2) is 0 Å². The first-order chi connectivity index (χ1) is 5.62. The third-order valence-electron chi connectivity index (χ3n) is 2.28. The highest BCUT2D eigenvalue weighted by molar-refractivity contribution is 5.85. The highest BCUT2D eigenvalue weighted by Crippen LogP contribution is 2.42. The molecule has 1 nitrogen and oxygen atoms in total. The fourth-order valence-electron chi connectivity index (χ4n) is 1.23. The molecule has 0 spiro atoms. The van der Waals surface area contributed by atoms with Crippen LogP contribution in [0.2, 0.25) is 0 Å². The van der Waals surface area contributed by atoms with E-state index in [9.17, 15) is 8.78 Å². The molecule has 4 heteroatoms. The molecule has 0 atom stereocenters. The van der Waals surface area contributed by atoms with E-state index < -0.39 is 11.6 Å². The molecule has 0 saturated heterocycles. The van der Waals surface area contributed by atoms with E-state index in [1.54, 1.807) is 6.07 Å². The van der Waals surface area contributed by atoms with Gasteiger partial charge in [-0.25, -0.2) is 8.78 Å². The first-order valence-corrected chi connectivity index (χ1v) is 3.86. The van der Waals surface area contributed by atoms with Crippen LogP contribution < -0.4 is 5.73 Å². The highest BCUT2D eigenvalue weighted by Gasteiger charge is 2.40. The Bertz CT molecular complexity index is 323. The average molecular weight is 206 g/mol. The maximum atomic E-state index is 12.7. The lowest BCUT2D eigenvalue weighted by Crippen LogP contribution is -2.18. The van der Waals surface area contributed by atoms with Gasteiger partial charge in [0.2, 0.25) is 0 Å². The Morgan fingerprint density at radius 1 is 1.15 bits per heavy atom. The average Bonchev–Trinajstić information content (AvgIpc) is 2.75. The van der Waals surface area contributed by atoms with Gasteiger partial charge in [0.15, 0.2) is 11.6 Å². The molecular weight excluding hydrogens is 196 g/mol. The van der Waals surface area contributed by atoms with Gasteiger partial charge in [-0.05, 0) is 30.5 Å². The van der Waals surface area contributed by atoms with Crippen LogP contribution in [-0.2, 0) is 5.54 Å². The van der Waals surface area contributed by atoms with E-state index in [1.807, 2.05) is 0 Å². The molecule has 1 fully saturated rings. The number of benzene rings is 1. The zero-order chi connectivity index (χ0) is 8.77. The molecule has 2 N–H and O–H groups in total. The second-order valence-electron chi connectivity index (χ2n) is 3.29. The van der Waals surface area contributed by atoms with Crippen molar-refractivity contribution in [2.45, 2.75) is 18.4 Å². The molecule has 0 aliphatic heterocycles. The summed E-state index contributed by atoms with van der Waals surface area (Å²) in [6.07, 6.45) is 1.72. The van der Waals surface area contributed by atoms with Gasteiger partial charge >= 0.3 is 0 Å². The molecule has 13 heavy (non-hydrogen) atoms. The van der Waals surface area contributed by atoms with Crippen LogP contribution in [0.15, 0.2) is 18.2 Å². The molecule has 0 radical (unpaired) electrons. The molecule has 0 heterocycles. The van der Waals surface area contributed by atoms with Crippen LogP contribution in [0.5, 0.6) is 0 Å². The van der Waals surface area contributed by atoms with Crippen molar-refractivity contribution in [1.29, 1.82) is 0 Å². The van der Waals surface area contributed by atoms with Gasteiger partial charge in [-0.15, -0.1) is 12.4 Å². The van der Waals surface area contributed by atoms with Crippen molar-refractivity contribution < 1.29 is 8.78 Å². The summed E-state index contributed by atoms with van der Waals surface area (Å²) in [6.45, 7) is 0. The van der Waals surface area contributed by atoms with Crippen LogP contribution in [0.4, 0.5) is 8.78 Å². The Kier molecular flexibility index (Phi) is 2.59. The molecule has 0 aromatic heterocycles. The van der Waals surface area contributed by atoms with Gasteiger partial charge in [-0.1, -0.05) is 6.07 Å². The van der Waals surface area contributed by atoms with E-state index in [1.165, 1.54) is 6.07 Å². The first kappa shape index (κ1) is 10.4. The minimum absolute atomic E-state index is 0. The molecule has 1 aliphatic carbocycles. The maximum absolute atomic E-state index is 12.7. The number of hydrogen-bond acceptors (Lipinski definition) is 1. The zero-order valence-corrected chi connectivity index (χ0v) is 7.70. The number of nitrogens with two attached hydrogens (primary N) is 1. The summed E-state index contributed by atoms with van der Waals surface area (Å²) in [5, 5.41) is 0. The second kappa shape index (κ2) is 3.24. The zero-order valence-electron chi connectivity index (χ0n) is 6.89. The van der Waals surface area contributed by atoms with Crippen LogP contribution in [0.1, 0.15) is 18.4 Å². The summed E-state index contributed by atoms with van der Waals surface area (Å²) in [6, 6.07) is 3.85.